The van der Waals surface area contributed by atoms with Crippen LogP contribution in [0.15, 0.2) is 27.8 Å². The van der Waals surface area contributed by atoms with Gasteiger partial charge < -0.3 is 0 Å². The first-order valence-corrected chi connectivity index (χ1v) is 6.52. The van der Waals surface area contributed by atoms with E-state index in [0.29, 0.717) is 15.6 Å². The van der Waals surface area contributed by atoms with E-state index in [1.807, 2.05) is 0 Å². The zero-order valence-electron chi connectivity index (χ0n) is 10.6. The lowest BCUT2D eigenvalue weighted by Crippen LogP contribution is -2.29. The zero-order valence-corrected chi connectivity index (χ0v) is 12.1. The average Bonchev–Trinajstić information content (AvgIpc) is 2.40. The number of nitrogens with one attached hydrogen (secondary N) is 1. The highest BCUT2D eigenvalue weighted by Crippen LogP contribution is 2.28. The van der Waals surface area contributed by atoms with Crippen LogP contribution in [0.5, 0.6) is 0 Å². The van der Waals surface area contributed by atoms with Gasteiger partial charge in [-0.25, -0.2) is 14.5 Å². The summed E-state index contributed by atoms with van der Waals surface area (Å²) in [6.45, 7) is 0. The Morgan fingerprint density at radius 1 is 1.19 bits per heavy atom. The zero-order chi connectivity index (χ0) is 15.1. The van der Waals surface area contributed by atoms with Gasteiger partial charge in [0.05, 0.1) is 5.02 Å². The summed E-state index contributed by atoms with van der Waals surface area (Å²) >= 11 is 12.0. The number of nitrogens with zero attached hydrogens (tertiary/aromatic N) is 4. The number of rotatable bonds is 1. The van der Waals surface area contributed by atoms with E-state index >= 15 is 0 Å². The molecule has 21 heavy (non-hydrogen) atoms. The number of halogens is 2. The molecule has 0 amide bonds. The molecule has 1 N–H and O–H groups in total. The highest BCUT2D eigenvalue weighted by molar-refractivity contribution is 6.36. The molecule has 0 aliphatic carbocycles. The van der Waals surface area contributed by atoms with Gasteiger partial charge in [0.25, 0.3) is 5.56 Å². The van der Waals surface area contributed by atoms with Crippen molar-refractivity contribution in [1.82, 2.24) is 24.7 Å². The van der Waals surface area contributed by atoms with Crippen molar-refractivity contribution < 1.29 is 0 Å². The number of H-pyrrole nitrogens is 1. The molecule has 0 saturated heterocycles. The highest BCUT2D eigenvalue weighted by Gasteiger charge is 2.18. The average molecular weight is 324 g/mol. The molecule has 9 heteroatoms. The first kappa shape index (κ1) is 13.7. The summed E-state index contributed by atoms with van der Waals surface area (Å²) < 4.78 is 1.30. The van der Waals surface area contributed by atoms with Crippen molar-refractivity contribution in [3.05, 3.63) is 49.1 Å². The van der Waals surface area contributed by atoms with E-state index in [1.165, 1.54) is 4.68 Å². The molecule has 2 heterocycles. The fraction of sp³-hybridized carbons (Fsp3) is 0.0833. The summed E-state index contributed by atoms with van der Waals surface area (Å²) in [5.41, 5.74) is -0.851. The molecule has 0 atom stereocenters. The van der Waals surface area contributed by atoms with Crippen LogP contribution in [0.25, 0.3) is 22.9 Å². The maximum Gasteiger partial charge on any atom is 0.349 e. The monoisotopic (exact) mass is 323 g/mol. The molecule has 0 saturated carbocycles. The normalized spacial score (nSPS) is 11.0. The third-order valence-electron chi connectivity index (χ3n) is 2.80. The first-order valence-electron chi connectivity index (χ1n) is 5.76. The largest absolute Gasteiger partial charge is 0.349 e. The fourth-order valence-corrected chi connectivity index (χ4v) is 2.36. The number of fused-ring (bicyclic) bond motifs is 1. The fourth-order valence-electron chi connectivity index (χ4n) is 1.86. The second-order valence-electron chi connectivity index (χ2n) is 4.23. The lowest BCUT2D eigenvalue weighted by atomic mass is 10.2. The minimum absolute atomic E-state index is 0.00752. The number of aryl methyl sites for hydroxylation is 1. The topological polar surface area (TPSA) is 93.5 Å². The molecular formula is C12H7Cl2N5O2. The third-order valence-corrected chi connectivity index (χ3v) is 3.34. The predicted molar refractivity (Wildman–Crippen MR) is 77.8 cm³/mol. The van der Waals surface area contributed by atoms with Crippen LogP contribution in [-0.2, 0) is 7.05 Å². The Labute approximate surface area is 127 Å². The van der Waals surface area contributed by atoms with Crippen LogP contribution >= 0.6 is 23.2 Å². The molecule has 7 nitrogen and oxygen atoms in total. The van der Waals surface area contributed by atoms with Gasteiger partial charge in [-0.2, -0.15) is 10.1 Å². The molecule has 0 spiro atoms. The number of aromatic nitrogens is 5. The van der Waals surface area contributed by atoms with E-state index in [9.17, 15) is 9.59 Å². The second kappa shape index (κ2) is 4.94. The highest BCUT2D eigenvalue weighted by atomic mass is 35.5. The van der Waals surface area contributed by atoms with Crippen LogP contribution in [-0.4, -0.2) is 24.7 Å². The molecule has 0 unspecified atom stereocenters. The summed E-state index contributed by atoms with van der Waals surface area (Å²) in [5, 5.41) is 5.00. The maximum atomic E-state index is 11.8. The van der Waals surface area contributed by atoms with Gasteiger partial charge in [-0.1, -0.05) is 23.2 Å². The van der Waals surface area contributed by atoms with E-state index in [-0.39, 0.29) is 17.3 Å². The van der Waals surface area contributed by atoms with E-state index < -0.39 is 11.2 Å². The van der Waals surface area contributed by atoms with Gasteiger partial charge in [-0.3, -0.25) is 9.78 Å². The smallest absolute Gasteiger partial charge is 0.271 e. The molecule has 0 aromatic heterocycles. The van der Waals surface area contributed by atoms with Crippen LogP contribution in [0.2, 0.25) is 10.0 Å². The van der Waals surface area contributed by atoms with Gasteiger partial charge in [-0.15, -0.1) is 0 Å². The van der Waals surface area contributed by atoms with Crippen molar-refractivity contribution in [3.8, 4) is 22.9 Å². The van der Waals surface area contributed by atoms with Gasteiger partial charge in [0, 0.05) is 17.6 Å². The molecule has 2 aliphatic heterocycles. The number of hydrogen-bond acceptors (Lipinski definition) is 5. The molecule has 1 aromatic rings. The Hall–Kier alpha value is -2.25. The summed E-state index contributed by atoms with van der Waals surface area (Å²) in [6, 6.07) is 4.84. The Bertz CT molecular complexity index is 934. The third kappa shape index (κ3) is 2.41. The van der Waals surface area contributed by atoms with Crippen molar-refractivity contribution in [1.29, 1.82) is 0 Å². The van der Waals surface area contributed by atoms with Gasteiger partial charge >= 0.3 is 5.69 Å². The van der Waals surface area contributed by atoms with Crippen molar-refractivity contribution in [2.24, 2.45) is 7.05 Å². The minimum Gasteiger partial charge on any atom is -0.271 e. The number of hydrogen-bond donors (Lipinski definition) is 1. The van der Waals surface area contributed by atoms with Crippen LogP contribution in [0.3, 0.4) is 0 Å². The Morgan fingerprint density at radius 2 is 1.95 bits per heavy atom. The molecule has 106 valence electrons. The van der Waals surface area contributed by atoms with Gasteiger partial charge in [-0.05, 0) is 18.2 Å². The molecule has 2 aliphatic rings. The summed E-state index contributed by atoms with van der Waals surface area (Å²) in [7, 11) is 1.56. The van der Waals surface area contributed by atoms with E-state index in [0.717, 1.165) is 0 Å². The molecule has 0 fully saturated rings. The van der Waals surface area contributed by atoms with Crippen molar-refractivity contribution in [2.75, 3.05) is 0 Å². The Morgan fingerprint density at radius 3 is 2.67 bits per heavy atom. The van der Waals surface area contributed by atoms with Gasteiger partial charge in [0.1, 0.15) is 0 Å². The lowest BCUT2D eigenvalue weighted by molar-refractivity contribution is 0.705. The molecule has 0 bridgehead atoms. The van der Waals surface area contributed by atoms with Crippen LogP contribution in [0, 0.1) is 0 Å². The SMILES string of the molecule is Cn1nc(-c2ccc(Cl)cc2Cl)nc2c(=O)[nH]c(=O)nc1-2. The maximum absolute atomic E-state index is 11.8. The Balaban J connectivity index is 2.33. The lowest BCUT2D eigenvalue weighted by Gasteiger charge is -2.10. The van der Waals surface area contributed by atoms with Crippen molar-refractivity contribution in [2.45, 2.75) is 0 Å². The second-order valence-corrected chi connectivity index (χ2v) is 5.07. The van der Waals surface area contributed by atoms with Crippen LogP contribution in [0.4, 0.5) is 0 Å². The van der Waals surface area contributed by atoms with E-state index in [2.05, 4.69) is 20.1 Å². The van der Waals surface area contributed by atoms with Gasteiger partial charge in [0.15, 0.2) is 17.3 Å². The standard InChI is InChI=1S/C12H7Cl2N5O2/c1-19-10-8(11(20)17-12(21)16-10)15-9(18-19)6-3-2-5(13)4-7(6)14/h2-4H,1H3,(H,17,20,21). The minimum atomic E-state index is -0.746. The van der Waals surface area contributed by atoms with Crippen LogP contribution in [0.1, 0.15) is 0 Å². The Kier molecular flexibility index (Phi) is 3.23. The van der Waals surface area contributed by atoms with E-state index in [4.69, 9.17) is 23.2 Å². The molecule has 3 rings (SSSR count). The van der Waals surface area contributed by atoms with Crippen molar-refractivity contribution in [3.63, 3.8) is 0 Å². The van der Waals surface area contributed by atoms with E-state index in [1.54, 1.807) is 25.2 Å². The predicted octanol–water partition coefficient (Wildman–Crippen LogP) is 1.34. The van der Waals surface area contributed by atoms with Crippen LogP contribution < -0.4 is 11.2 Å². The summed E-state index contributed by atoms with van der Waals surface area (Å²) in [4.78, 5) is 32.9. The molecule has 1 aromatic carbocycles. The number of aromatic amines is 1. The molecule has 0 radical (unpaired) electrons. The first-order chi connectivity index (χ1) is 9.95. The summed E-state index contributed by atoms with van der Waals surface area (Å²) in [6.07, 6.45) is 0. The quantitative estimate of drug-likeness (QED) is 0.729. The summed E-state index contributed by atoms with van der Waals surface area (Å²) in [5.74, 6) is 0.329. The number of benzene rings is 1. The molecular weight excluding hydrogens is 317 g/mol. The van der Waals surface area contributed by atoms with Crippen molar-refractivity contribution >= 4 is 23.2 Å². The van der Waals surface area contributed by atoms with Gasteiger partial charge in [0.2, 0.25) is 0 Å².